The predicted octanol–water partition coefficient (Wildman–Crippen LogP) is 2.41. The maximum absolute atomic E-state index is 14.5. The molecule has 0 N–H and O–H groups in total. The highest BCUT2D eigenvalue weighted by atomic mass is 19.1. The summed E-state index contributed by atoms with van der Waals surface area (Å²) < 4.78 is 35.4. The van der Waals surface area contributed by atoms with Crippen LogP contribution in [0, 0.1) is 12.7 Å². The van der Waals surface area contributed by atoms with Crippen LogP contribution in [0.15, 0.2) is 36.9 Å². The number of ether oxygens (including phenoxy) is 1. The third kappa shape index (κ3) is 3.37. The maximum atomic E-state index is 14.5. The number of imidazole rings is 1. The lowest BCUT2D eigenvalue weighted by Crippen LogP contribution is -2.26. The van der Waals surface area contributed by atoms with Crippen molar-refractivity contribution in [1.82, 2.24) is 24.5 Å². The third-order valence-electron chi connectivity index (χ3n) is 4.22. The number of aryl methyl sites for hydroxylation is 1. The number of hydrogen-bond acceptors (Lipinski definition) is 5. The lowest BCUT2D eigenvalue weighted by Gasteiger charge is -2.14. The zero-order valence-corrected chi connectivity index (χ0v) is 14.4. The molecular formula is C17H16F2N6O2. The van der Waals surface area contributed by atoms with Gasteiger partial charge >= 0.3 is 6.09 Å². The Hall–Kier alpha value is -3.30. The number of alkyl halides is 1. The monoisotopic (exact) mass is 374 g/mol. The van der Waals surface area contributed by atoms with Gasteiger partial charge in [0.2, 0.25) is 0 Å². The Morgan fingerprint density at radius 2 is 2.19 bits per heavy atom. The van der Waals surface area contributed by atoms with Crippen molar-refractivity contribution >= 4 is 11.8 Å². The number of hydrogen-bond donors (Lipinski definition) is 0. The second-order valence-corrected chi connectivity index (χ2v) is 6.24. The first kappa shape index (κ1) is 17.1. The van der Waals surface area contributed by atoms with Crippen molar-refractivity contribution in [1.29, 1.82) is 0 Å². The van der Waals surface area contributed by atoms with E-state index in [1.54, 1.807) is 22.9 Å². The van der Waals surface area contributed by atoms with E-state index < -0.39 is 24.7 Å². The first-order chi connectivity index (χ1) is 13.0. The van der Waals surface area contributed by atoms with Gasteiger partial charge in [-0.05, 0) is 25.1 Å². The molecule has 2 aromatic heterocycles. The Morgan fingerprint density at radius 1 is 1.33 bits per heavy atom. The van der Waals surface area contributed by atoms with Crippen LogP contribution in [0.3, 0.4) is 0 Å². The molecule has 0 saturated carbocycles. The number of amides is 1. The quantitative estimate of drug-likeness (QED) is 0.685. The predicted molar refractivity (Wildman–Crippen MR) is 90.7 cm³/mol. The molecule has 1 aromatic carbocycles. The van der Waals surface area contributed by atoms with E-state index in [9.17, 15) is 13.6 Å². The summed E-state index contributed by atoms with van der Waals surface area (Å²) in [5.74, 6) is -0.481. The van der Waals surface area contributed by atoms with Crippen molar-refractivity contribution in [3.05, 3.63) is 54.1 Å². The Balaban J connectivity index is 1.49. The molecule has 1 atom stereocenters. The molecule has 10 heteroatoms. The van der Waals surface area contributed by atoms with Gasteiger partial charge in [-0.25, -0.2) is 23.2 Å². The van der Waals surface area contributed by atoms with Crippen molar-refractivity contribution in [3.8, 4) is 5.69 Å². The van der Waals surface area contributed by atoms with Gasteiger partial charge in [0.1, 0.15) is 24.3 Å². The number of rotatable bonds is 5. The van der Waals surface area contributed by atoms with Crippen LogP contribution in [-0.4, -0.2) is 43.3 Å². The highest BCUT2D eigenvalue weighted by Crippen LogP contribution is 2.26. The van der Waals surface area contributed by atoms with Crippen LogP contribution >= 0.6 is 0 Å². The zero-order chi connectivity index (χ0) is 19.0. The van der Waals surface area contributed by atoms with Gasteiger partial charge in [0.15, 0.2) is 0 Å². The molecular weight excluding hydrogens is 358 g/mol. The molecule has 1 aliphatic heterocycles. The van der Waals surface area contributed by atoms with Crippen LogP contribution in [0.1, 0.15) is 11.4 Å². The van der Waals surface area contributed by atoms with E-state index in [0.29, 0.717) is 11.4 Å². The summed E-state index contributed by atoms with van der Waals surface area (Å²) in [5, 5.41) is 7.43. The molecule has 1 aliphatic rings. The third-order valence-corrected chi connectivity index (χ3v) is 4.22. The molecule has 27 heavy (non-hydrogen) atoms. The number of anilines is 1. The van der Waals surface area contributed by atoms with Crippen LogP contribution < -0.4 is 4.90 Å². The minimum absolute atomic E-state index is 0.212. The van der Waals surface area contributed by atoms with Crippen molar-refractivity contribution in [2.24, 2.45) is 0 Å². The highest BCUT2D eigenvalue weighted by Gasteiger charge is 2.33. The van der Waals surface area contributed by atoms with E-state index in [0.717, 1.165) is 5.69 Å². The normalized spacial score (nSPS) is 16.8. The second-order valence-electron chi connectivity index (χ2n) is 6.24. The van der Waals surface area contributed by atoms with E-state index in [1.807, 2.05) is 6.92 Å². The zero-order valence-electron chi connectivity index (χ0n) is 14.4. The first-order valence-corrected chi connectivity index (χ1v) is 8.27. The van der Waals surface area contributed by atoms with E-state index in [1.165, 1.54) is 28.2 Å². The lowest BCUT2D eigenvalue weighted by molar-refractivity contribution is 0.129. The summed E-state index contributed by atoms with van der Waals surface area (Å²) in [5.41, 5.74) is 1.71. The molecule has 0 spiro atoms. The van der Waals surface area contributed by atoms with Crippen molar-refractivity contribution < 1.29 is 18.3 Å². The number of nitrogens with zero attached hydrogens (tertiary/aromatic N) is 6. The van der Waals surface area contributed by atoms with Gasteiger partial charge in [0, 0.05) is 6.20 Å². The summed E-state index contributed by atoms with van der Waals surface area (Å²) in [6.45, 7) is 1.57. The maximum Gasteiger partial charge on any atom is 0.414 e. The van der Waals surface area contributed by atoms with Crippen molar-refractivity contribution in [2.45, 2.75) is 26.2 Å². The first-order valence-electron chi connectivity index (χ1n) is 8.27. The van der Waals surface area contributed by atoms with Gasteiger partial charge in [-0.1, -0.05) is 5.21 Å². The SMILES string of the molecule is Cc1cn(-c2ccc(N3C[C@H](Cn4cc(CF)nn4)OC3=O)cc2F)cn1. The van der Waals surface area contributed by atoms with E-state index in [2.05, 4.69) is 15.3 Å². The van der Waals surface area contributed by atoms with Crippen LogP contribution in [0.5, 0.6) is 0 Å². The Kier molecular flexibility index (Phi) is 4.30. The number of aromatic nitrogens is 5. The van der Waals surface area contributed by atoms with Crippen molar-refractivity contribution in [2.75, 3.05) is 11.4 Å². The molecule has 1 fully saturated rings. The summed E-state index contributed by atoms with van der Waals surface area (Å²) >= 11 is 0. The van der Waals surface area contributed by atoms with Crippen LogP contribution in [0.2, 0.25) is 0 Å². The fraction of sp³-hybridized carbons (Fsp3) is 0.294. The second kappa shape index (κ2) is 6.78. The molecule has 1 saturated heterocycles. The largest absolute Gasteiger partial charge is 0.442 e. The Bertz CT molecular complexity index is 985. The summed E-state index contributed by atoms with van der Waals surface area (Å²) in [6, 6.07) is 4.51. The van der Waals surface area contributed by atoms with Crippen LogP contribution in [0.4, 0.5) is 19.3 Å². The highest BCUT2D eigenvalue weighted by molar-refractivity contribution is 5.89. The smallest absolute Gasteiger partial charge is 0.414 e. The average molecular weight is 374 g/mol. The van der Waals surface area contributed by atoms with Crippen LogP contribution in [0.25, 0.3) is 5.69 Å². The summed E-state index contributed by atoms with van der Waals surface area (Å²) in [4.78, 5) is 17.6. The molecule has 0 unspecified atom stereocenters. The summed E-state index contributed by atoms with van der Waals surface area (Å²) in [7, 11) is 0. The number of carbonyl (C=O) groups excluding carboxylic acids is 1. The molecule has 1 amide bonds. The number of halogens is 2. The minimum atomic E-state index is -0.710. The molecule has 0 radical (unpaired) electrons. The fourth-order valence-electron chi connectivity index (χ4n) is 2.95. The van der Waals surface area contributed by atoms with Crippen LogP contribution in [-0.2, 0) is 18.0 Å². The number of cyclic esters (lactones) is 1. The number of carbonyl (C=O) groups is 1. The van der Waals surface area contributed by atoms with Gasteiger partial charge in [-0.2, -0.15) is 0 Å². The van der Waals surface area contributed by atoms with E-state index in [4.69, 9.17) is 4.74 Å². The van der Waals surface area contributed by atoms with Gasteiger partial charge in [-0.15, -0.1) is 5.10 Å². The lowest BCUT2D eigenvalue weighted by atomic mass is 10.2. The Labute approximate surface area is 153 Å². The minimum Gasteiger partial charge on any atom is -0.442 e. The van der Waals surface area contributed by atoms with Gasteiger partial charge < -0.3 is 9.30 Å². The average Bonchev–Trinajstić information content (AvgIpc) is 3.35. The van der Waals surface area contributed by atoms with E-state index >= 15 is 0 Å². The topological polar surface area (TPSA) is 78.1 Å². The Morgan fingerprint density at radius 3 is 2.85 bits per heavy atom. The van der Waals surface area contributed by atoms with Gasteiger partial charge in [-0.3, -0.25) is 4.90 Å². The van der Waals surface area contributed by atoms with Crippen molar-refractivity contribution in [3.63, 3.8) is 0 Å². The molecule has 8 nitrogen and oxygen atoms in total. The molecule has 0 bridgehead atoms. The molecule has 3 aromatic rings. The van der Waals surface area contributed by atoms with Gasteiger partial charge in [0.25, 0.3) is 0 Å². The molecule has 0 aliphatic carbocycles. The molecule has 4 rings (SSSR count). The fourth-order valence-corrected chi connectivity index (χ4v) is 2.95. The number of benzene rings is 1. The molecule has 3 heterocycles. The molecule has 140 valence electrons. The van der Waals surface area contributed by atoms with E-state index in [-0.39, 0.29) is 18.8 Å². The summed E-state index contributed by atoms with van der Waals surface area (Å²) in [6.07, 6.45) is 3.62. The standard InChI is InChI=1S/C17H16F2N6O2/c1-11-6-23(10-20-11)16-3-2-13(4-15(16)19)25-9-14(27-17(25)26)8-24-7-12(5-18)21-22-24/h2-4,6-7,10,14H,5,8-9H2,1H3/t14-/m0/s1. The van der Waals surface area contributed by atoms with Gasteiger partial charge in [0.05, 0.1) is 42.7 Å².